The van der Waals surface area contributed by atoms with Gasteiger partial charge in [0.25, 0.3) is 5.91 Å². The molecule has 3 heterocycles. The number of nitrogens with one attached hydrogen (secondary N) is 3. The second-order valence-corrected chi connectivity index (χ2v) is 9.24. The largest absolute Gasteiger partial charge is 0.381 e. The molecule has 2 saturated carbocycles. The standard InChI is InChI=1S/C24H33N7O4/c1-25-21-12-20(29-22-16(13-26-31(21)22)23(32)28-18-11-19(18)35-3)27-17-5-4-10-30(24(17)33)14-6-8-15(34-2)9-7-14/h4-5,10,12-15,18-19,24-25,33H,6-9,11H2,1-3H3,(H,27,29)(H,28,32)/t14?,15?,18-,19-,24?/m0/s1. The van der Waals surface area contributed by atoms with Gasteiger partial charge in [-0.3, -0.25) is 4.79 Å². The van der Waals surface area contributed by atoms with E-state index in [0.717, 1.165) is 32.1 Å². The van der Waals surface area contributed by atoms with Crippen LogP contribution in [0.25, 0.3) is 5.65 Å². The van der Waals surface area contributed by atoms with E-state index in [1.165, 1.54) is 6.20 Å². The number of anilines is 2. The molecule has 2 aromatic heterocycles. The molecule has 35 heavy (non-hydrogen) atoms. The second kappa shape index (κ2) is 9.84. The van der Waals surface area contributed by atoms with Gasteiger partial charge in [0, 0.05) is 39.6 Å². The molecule has 3 aliphatic rings. The third kappa shape index (κ3) is 4.71. The molecule has 0 spiro atoms. The summed E-state index contributed by atoms with van der Waals surface area (Å²) in [5, 5.41) is 24.8. The summed E-state index contributed by atoms with van der Waals surface area (Å²) in [7, 11) is 5.18. The number of aromatic nitrogens is 3. The third-order valence-electron chi connectivity index (χ3n) is 7.09. The Kier molecular flexibility index (Phi) is 6.63. The quantitative estimate of drug-likeness (QED) is 0.444. The average molecular weight is 484 g/mol. The molecule has 0 radical (unpaired) electrons. The number of hydrogen-bond donors (Lipinski definition) is 4. The van der Waals surface area contributed by atoms with Gasteiger partial charge in [-0.15, -0.1) is 0 Å². The molecule has 11 nitrogen and oxygen atoms in total. The maximum atomic E-state index is 12.9. The molecule has 11 heteroatoms. The van der Waals surface area contributed by atoms with Gasteiger partial charge in [0.15, 0.2) is 11.9 Å². The lowest BCUT2D eigenvalue weighted by Gasteiger charge is -2.40. The lowest BCUT2D eigenvalue weighted by Crippen LogP contribution is -2.45. The van der Waals surface area contributed by atoms with Crippen molar-refractivity contribution in [1.82, 2.24) is 24.8 Å². The molecular weight excluding hydrogens is 450 g/mol. The summed E-state index contributed by atoms with van der Waals surface area (Å²) in [4.78, 5) is 19.5. The molecular formula is C24H33N7O4. The molecule has 5 rings (SSSR count). The number of methoxy groups -OCH3 is 2. The number of fused-ring (bicyclic) bond motifs is 1. The molecule has 0 aromatic carbocycles. The molecule has 4 N–H and O–H groups in total. The van der Waals surface area contributed by atoms with Crippen LogP contribution in [-0.2, 0) is 9.47 Å². The molecule has 1 aliphatic heterocycles. The van der Waals surface area contributed by atoms with Crippen molar-refractivity contribution in [3.63, 3.8) is 0 Å². The topological polar surface area (TPSA) is 125 Å². The highest BCUT2D eigenvalue weighted by molar-refractivity contribution is 6.00. The van der Waals surface area contributed by atoms with Gasteiger partial charge >= 0.3 is 0 Å². The SMILES string of the molecule is CNc1cc(NC2=CC=CN(C3CCC(OC)CC3)C2O)nc2c(C(=O)N[C@H]3C[C@@H]3OC)cnn12. The molecule has 1 unspecified atom stereocenters. The summed E-state index contributed by atoms with van der Waals surface area (Å²) in [5.41, 5.74) is 1.41. The van der Waals surface area contributed by atoms with Crippen LogP contribution in [-0.4, -0.2) is 82.3 Å². The number of hydrogen-bond acceptors (Lipinski definition) is 9. The van der Waals surface area contributed by atoms with Gasteiger partial charge in [0.05, 0.1) is 30.1 Å². The molecule has 2 aromatic rings. The summed E-state index contributed by atoms with van der Waals surface area (Å²) in [5.74, 6) is 0.920. The fourth-order valence-corrected chi connectivity index (χ4v) is 4.92. The van der Waals surface area contributed by atoms with E-state index in [1.807, 2.05) is 23.3 Å². The van der Waals surface area contributed by atoms with E-state index in [2.05, 4.69) is 26.0 Å². The zero-order valence-electron chi connectivity index (χ0n) is 20.3. The Morgan fingerprint density at radius 3 is 2.69 bits per heavy atom. The lowest BCUT2D eigenvalue weighted by molar-refractivity contribution is -0.00229. The number of ether oxygens (including phenoxy) is 2. The van der Waals surface area contributed by atoms with E-state index < -0.39 is 6.23 Å². The van der Waals surface area contributed by atoms with Crippen molar-refractivity contribution < 1.29 is 19.4 Å². The first-order valence-electron chi connectivity index (χ1n) is 12.1. The monoisotopic (exact) mass is 483 g/mol. The Morgan fingerprint density at radius 1 is 1.20 bits per heavy atom. The second-order valence-electron chi connectivity index (χ2n) is 9.24. The number of rotatable bonds is 8. The highest BCUT2D eigenvalue weighted by Gasteiger charge is 2.39. The number of carbonyl (C=O) groups excluding carboxylic acids is 1. The van der Waals surface area contributed by atoms with Gasteiger partial charge in [-0.2, -0.15) is 9.61 Å². The Morgan fingerprint density at radius 2 is 2.00 bits per heavy atom. The van der Waals surface area contributed by atoms with Gasteiger partial charge in [-0.25, -0.2) is 4.98 Å². The van der Waals surface area contributed by atoms with Crippen LogP contribution in [0, 0.1) is 0 Å². The summed E-state index contributed by atoms with van der Waals surface area (Å²) in [6.45, 7) is 0. The maximum absolute atomic E-state index is 12.9. The highest BCUT2D eigenvalue weighted by atomic mass is 16.5. The molecule has 1 amide bonds. The van der Waals surface area contributed by atoms with Crippen LogP contribution in [0.1, 0.15) is 42.5 Å². The lowest BCUT2D eigenvalue weighted by atomic mass is 9.91. The van der Waals surface area contributed by atoms with Crippen molar-refractivity contribution in [3.05, 3.63) is 41.9 Å². The number of nitrogens with zero attached hydrogens (tertiary/aromatic N) is 4. The minimum Gasteiger partial charge on any atom is -0.381 e. The van der Waals surface area contributed by atoms with Crippen LogP contribution < -0.4 is 16.0 Å². The van der Waals surface area contributed by atoms with Crippen LogP contribution in [0.4, 0.5) is 11.6 Å². The van der Waals surface area contributed by atoms with E-state index in [4.69, 9.17) is 9.47 Å². The number of amides is 1. The van der Waals surface area contributed by atoms with Crippen LogP contribution >= 0.6 is 0 Å². The third-order valence-corrected chi connectivity index (χ3v) is 7.09. The van der Waals surface area contributed by atoms with Gasteiger partial charge < -0.3 is 35.4 Å². The molecule has 2 aliphatic carbocycles. The van der Waals surface area contributed by atoms with Crippen molar-refractivity contribution >= 4 is 23.2 Å². The molecule has 0 bridgehead atoms. The first kappa shape index (κ1) is 23.6. The van der Waals surface area contributed by atoms with Gasteiger partial charge in [0.2, 0.25) is 0 Å². The molecule has 188 valence electrons. The first-order chi connectivity index (χ1) is 17.0. The number of allylic oxidation sites excluding steroid dienone is 2. The van der Waals surface area contributed by atoms with Crippen LogP contribution in [0.3, 0.4) is 0 Å². The van der Waals surface area contributed by atoms with Crippen molar-refractivity contribution in [3.8, 4) is 0 Å². The van der Waals surface area contributed by atoms with Gasteiger partial charge in [-0.1, -0.05) is 0 Å². The average Bonchev–Trinajstić information content (AvgIpc) is 3.49. The smallest absolute Gasteiger partial charge is 0.257 e. The normalized spacial score (nSPS) is 28.1. The van der Waals surface area contributed by atoms with Crippen molar-refractivity contribution in [2.75, 3.05) is 31.9 Å². The van der Waals surface area contributed by atoms with Crippen LogP contribution in [0.5, 0.6) is 0 Å². The fourth-order valence-electron chi connectivity index (χ4n) is 4.92. The Balaban J connectivity index is 1.34. The Labute approximate surface area is 204 Å². The van der Waals surface area contributed by atoms with E-state index in [1.54, 1.807) is 31.8 Å². The zero-order chi connectivity index (χ0) is 24.5. The predicted molar refractivity (Wildman–Crippen MR) is 131 cm³/mol. The summed E-state index contributed by atoms with van der Waals surface area (Å²) >= 11 is 0. The molecule has 2 fully saturated rings. The van der Waals surface area contributed by atoms with E-state index in [-0.39, 0.29) is 24.1 Å². The Hall–Kier alpha value is -3.15. The number of aliphatic hydroxyl groups is 1. The zero-order valence-corrected chi connectivity index (χ0v) is 20.3. The maximum Gasteiger partial charge on any atom is 0.257 e. The number of aliphatic hydroxyl groups excluding tert-OH is 1. The highest BCUT2D eigenvalue weighted by Crippen LogP contribution is 2.30. The van der Waals surface area contributed by atoms with Gasteiger partial charge in [0.1, 0.15) is 17.2 Å². The van der Waals surface area contributed by atoms with Crippen molar-refractivity contribution in [1.29, 1.82) is 0 Å². The minimum absolute atomic E-state index is 0.00629. The van der Waals surface area contributed by atoms with Crippen molar-refractivity contribution in [2.45, 2.75) is 62.6 Å². The fraction of sp³-hybridized carbons (Fsp3) is 0.542. The first-order valence-corrected chi connectivity index (χ1v) is 12.1. The summed E-state index contributed by atoms with van der Waals surface area (Å²) in [6, 6.07) is 2.04. The predicted octanol–water partition coefficient (Wildman–Crippen LogP) is 1.69. The Bertz CT molecular complexity index is 1140. The van der Waals surface area contributed by atoms with Crippen LogP contribution in [0.15, 0.2) is 36.3 Å². The van der Waals surface area contributed by atoms with Crippen molar-refractivity contribution in [2.24, 2.45) is 0 Å². The van der Waals surface area contributed by atoms with E-state index in [0.29, 0.717) is 34.6 Å². The summed E-state index contributed by atoms with van der Waals surface area (Å²) < 4.78 is 12.4. The van der Waals surface area contributed by atoms with E-state index in [9.17, 15) is 9.90 Å². The molecule has 3 atom stereocenters. The minimum atomic E-state index is -0.825. The van der Waals surface area contributed by atoms with Crippen LogP contribution in [0.2, 0.25) is 0 Å². The van der Waals surface area contributed by atoms with E-state index >= 15 is 0 Å². The van der Waals surface area contributed by atoms with Gasteiger partial charge in [-0.05, 0) is 44.3 Å². The number of carbonyl (C=O) groups is 1. The molecule has 0 saturated heterocycles. The summed E-state index contributed by atoms with van der Waals surface area (Å²) in [6.07, 6.45) is 11.4.